The maximum Gasteiger partial charge on any atom is 0.347 e. The van der Waals surface area contributed by atoms with Gasteiger partial charge in [0, 0.05) is 5.41 Å². The molecule has 0 unspecified atom stereocenters. The summed E-state index contributed by atoms with van der Waals surface area (Å²) in [7, 11) is 0. The van der Waals surface area contributed by atoms with Gasteiger partial charge >= 0.3 is 5.97 Å². The van der Waals surface area contributed by atoms with Gasteiger partial charge in [-0.05, 0) is 6.92 Å². The fourth-order valence-electron chi connectivity index (χ4n) is 1.37. The summed E-state index contributed by atoms with van der Waals surface area (Å²) in [6.07, 6.45) is 0. The predicted molar refractivity (Wildman–Crippen MR) is 76.4 cm³/mol. The van der Waals surface area contributed by atoms with Gasteiger partial charge in [-0.2, -0.15) is 4.98 Å². The van der Waals surface area contributed by atoms with Crippen LogP contribution in [0.3, 0.4) is 0 Å². The van der Waals surface area contributed by atoms with Crippen molar-refractivity contribution in [2.24, 2.45) is 0 Å². The van der Waals surface area contributed by atoms with Gasteiger partial charge in [0.25, 0.3) is 0 Å². The first-order valence-corrected chi connectivity index (χ1v) is 7.74. The van der Waals surface area contributed by atoms with E-state index >= 15 is 0 Å². The summed E-state index contributed by atoms with van der Waals surface area (Å²) in [6.45, 7) is 7.72. The van der Waals surface area contributed by atoms with Crippen LogP contribution in [-0.2, 0) is 11.2 Å². The lowest BCUT2D eigenvalue weighted by Crippen LogP contribution is -2.13. The third kappa shape index (κ3) is 3.37. The molecule has 108 valence electrons. The third-order valence-electron chi connectivity index (χ3n) is 2.43. The fourth-order valence-corrected chi connectivity index (χ4v) is 3.24. The molecule has 0 aliphatic rings. The molecule has 2 rings (SSSR count). The molecule has 0 atom stereocenters. The summed E-state index contributed by atoms with van der Waals surface area (Å²) < 4.78 is 5.87. The van der Waals surface area contributed by atoms with Crippen LogP contribution < -0.4 is 0 Å². The molecule has 0 spiro atoms. The van der Waals surface area contributed by atoms with Crippen LogP contribution in [0.15, 0.2) is 8.86 Å². The second-order valence-electron chi connectivity index (χ2n) is 5.25. The number of thiazole rings is 1. The molecule has 0 aromatic carbocycles. The van der Waals surface area contributed by atoms with E-state index in [1.54, 1.807) is 6.92 Å². The van der Waals surface area contributed by atoms with Gasteiger partial charge in [0.05, 0.1) is 11.4 Å². The minimum atomic E-state index is -0.945. The molecule has 6 nitrogen and oxygen atoms in total. The molecule has 1 N–H and O–H groups in total. The molecule has 0 aliphatic carbocycles. The number of nitrogens with zero attached hydrogens (tertiary/aromatic N) is 3. The lowest BCUT2D eigenvalue weighted by atomic mass is 9.96. The molecule has 0 amide bonds. The number of thioether (sulfide) groups is 1. The standard InChI is InChI=1S/C12H15N3O3S2/c1-6-8(9(16)17)20-11(13-6)19-5-7-14-10(15-18-7)12(2,3)4/h5H2,1-4H3,(H,16,17). The van der Waals surface area contributed by atoms with Crippen molar-refractivity contribution in [2.45, 2.75) is 43.2 Å². The van der Waals surface area contributed by atoms with Crippen molar-refractivity contribution < 1.29 is 14.4 Å². The summed E-state index contributed by atoms with van der Waals surface area (Å²) in [5, 5.41) is 12.9. The van der Waals surface area contributed by atoms with E-state index in [9.17, 15) is 4.79 Å². The summed E-state index contributed by atoms with van der Waals surface area (Å²) in [6, 6.07) is 0. The van der Waals surface area contributed by atoms with Crippen molar-refractivity contribution in [3.63, 3.8) is 0 Å². The Labute approximate surface area is 124 Å². The number of aryl methyl sites for hydroxylation is 1. The number of hydrogen-bond donors (Lipinski definition) is 1. The molecule has 2 aromatic rings. The molecule has 20 heavy (non-hydrogen) atoms. The Morgan fingerprint density at radius 1 is 1.40 bits per heavy atom. The summed E-state index contributed by atoms with van der Waals surface area (Å²) in [5.41, 5.74) is 0.381. The Kier molecular flexibility index (Phi) is 4.14. The highest BCUT2D eigenvalue weighted by Gasteiger charge is 2.21. The van der Waals surface area contributed by atoms with E-state index in [1.807, 2.05) is 20.8 Å². The minimum absolute atomic E-state index is 0.152. The van der Waals surface area contributed by atoms with Crippen LogP contribution in [0.2, 0.25) is 0 Å². The maximum atomic E-state index is 10.9. The Bertz CT molecular complexity index is 628. The zero-order chi connectivity index (χ0) is 14.9. The highest BCUT2D eigenvalue weighted by Crippen LogP contribution is 2.29. The fraction of sp³-hybridized carbons (Fsp3) is 0.500. The summed E-state index contributed by atoms with van der Waals surface area (Å²) in [4.78, 5) is 19.8. The van der Waals surface area contributed by atoms with Crippen LogP contribution in [0.5, 0.6) is 0 Å². The van der Waals surface area contributed by atoms with Crippen molar-refractivity contribution in [1.82, 2.24) is 15.1 Å². The van der Waals surface area contributed by atoms with Crippen molar-refractivity contribution in [3.05, 3.63) is 22.3 Å². The van der Waals surface area contributed by atoms with Crippen molar-refractivity contribution >= 4 is 29.1 Å². The molecule has 0 bridgehead atoms. The Morgan fingerprint density at radius 2 is 2.10 bits per heavy atom. The average molecular weight is 313 g/mol. The second-order valence-corrected chi connectivity index (χ2v) is 7.47. The Hall–Kier alpha value is -1.41. The quantitative estimate of drug-likeness (QED) is 0.867. The largest absolute Gasteiger partial charge is 0.477 e. The van der Waals surface area contributed by atoms with E-state index in [2.05, 4.69) is 15.1 Å². The van der Waals surface area contributed by atoms with Crippen molar-refractivity contribution in [3.8, 4) is 0 Å². The van der Waals surface area contributed by atoms with E-state index in [4.69, 9.17) is 9.63 Å². The number of hydrogen-bond acceptors (Lipinski definition) is 7. The molecular formula is C12H15N3O3S2. The molecule has 8 heteroatoms. The van der Waals surface area contributed by atoms with Gasteiger partial charge in [-0.25, -0.2) is 9.78 Å². The van der Waals surface area contributed by atoms with Crippen LogP contribution in [0.25, 0.3) is 0 Å². The van der Waals surface area contributed by atoms with Crippen LogP contribution in [-0.4, -0.2) is 26.2 Å². The zero-order valence-electron chi connectivity index (χ0n) is 11.6. The average Bonchev–Trinajstić information content (AvgIpc) is 2.91. The monoisotopic (exact) mass is 313 g/mol. The van der Waals surface area contributed by atoms with Gasteiger partial charge in [-0.15, -0.1) is 11.3 Å². The number of aromatic nitrogens is 3. The van der Waals surface area contributed by atoms with Gasteiger partial charge in [-0.1, -0.05) is 37.7 Å². The van der Waals surface area contributed by atoms with Gasteiger partial charge in [0.1, 0.15) is 4.88 Å². The van der Waals surface area contributed by atoms with Crippen molar-refractivity contribution in [2.75, 3.05) is 0 Å². The van der Waals surface area contributed by atoms with E-state index < -0.39 is 5.97 Å². The van der Waals surface area contributed by atoms with Crippen LogP contribution in [0.4, 0.5) is 0 Å². The highest BCUT2D eigenvalue weighted by atomic mass is 32.2. The number of carboxylic acid groups (broad SMARTS) is 1. The number of carboxylic acids is 1. The normalized spacial score (nSPS) is 11.8. The molecule has 0 radical (unpaired) electrons. The lowest BCUT2D eigenvalue weighted by molar-refractivity contribution is 0.0701. The number of carbonyl (C=O) groups is 1. The van der Waals surface area contributed by atoms with Gasteiger partial charge in [0.2, 0.25) is 5.89 Å². The van der Waals surface area contributed by atoms with Gasteiger partial charge in [-0.3, -0.25) is 0 Å². The lowest BCUT2D eigenvalue weighted by Gasteiger charge is -2.10. The third-order valence-corrected chi connectivity index (χ3v) is 4.70. The maximum absolute atomic E-state index is 10.9. The number of aromatic carboxylic acids is 1. The van der Waals surface area contributed by atoms with Crippen LogP contribution in [0.1, 0.15) is 47.9 Å². The molecule has 0 fully saturated rings. The van der Waals surface area contributed by atoms with E-state index in [-0.39, 0.29) is 10.3 Å². The second kappa shape index (κ2) is 5.53. The number of rotatable bonds is 4. The molecule has 0 aliphatic heterocycles. The minimum Gasteiger partial charge on any atom is -0.477 e. The summed E-state index contributed by atoms with van der Waals surface area (Å²) in [5.74, 6) is 0.716. The van der Waals surface area contributed by atoms with Gasteiger partial charge in [0.15, 0.2) is 10.2 Å². The molecule has 0 saturated carbocycles. The predicted octanol–water partition coefficient (Wildman–Crippen LogP) is 3.12. The first-order chi connectivity index (χ1) is 9.27. The zero-order valence-corrected chi connectivity index (χ0v) is 13.3. The molecule has 2 aromatic heterocycles. The molecular weight excluding hydrogens is 298 g/mol. The van der Waals surface area contributed by atoms with E-state index in [0.29, 0.717) is 27.5 Å². The topological polar surface area (TPSA) is 89.1 Å². The van der Waals surface area contributed by atoms with Crippen LogP contribution in [0, 0.1) is 6.92 Å². The summed E-state index contributed by atoms with van der Waals surface area (Å²) >= 11 is 2.56. The molecule has 0 saturated heterocycles. The van der Waals surface area contributed by atoms with Crippen molar-refractivity contribution in [1.29, 1.82) is 0 Å². The smallest absolute Gasteiger partial charge is 0.347 e. The van der Waals surface area contributed by atoms with E-state index in [0.717, 1.165) is 11.3 Å². The van der Waals surface area contributed by atoms with Gasteiger partial charge < -0.3 is 9.63 Å². The van der Waals surface area contributed by atoms with Crippen LogP contribution >= 0.6 is 23.1 Å². The first kappa shape index (κ1) is 15.0. The Balaban J connectivity index is 2.04. The highest BCUT2D eigenvalue weighted by molar-refractivity contribution is 8.00. The SMILES string of the molecule is Cc1nc(SCc2nc(C(C)(C)C)no2)sc1C(=O)O. The van der Waals surface area contributed by atoms with E-state index in [1.165, 1.54) is 11.8 Å². The Morgan fingerprint density at radius 3 is 2.60 bits per heavy atom. The first-order valence-electron chi connectivity index (χ1n) is 5.94. The molecule has 2 heterocycles.